The maximum atomic E-state index is 10.3. The van der Waals surface area contributed by atoms with Crippen molar-refractivity contribution < 1.29 is 9.84 Å². The van der Waals surface area contributed by atoms with Gasteiger partial charge in [-0.2, -0.15) is 0 Å². The van der Waals surface area contributed by atoms with E-state index in [0.29, 0.717) is 30.8 Å². The van der Waals surface area contributed by atoms with Gasteiger partial charge < -0.3 is 9.84 Å². The van der Waals surface area contributed by atoms with E-state index in [1.165, 1.54) is 17.3 Å². The van der Waals surface area contributed by atoms with Crippen LogP contribution < -0.4 is 0 Å². The molecule has 0 fully saturated rings. The highest BCUT2D eigenvalue weighted by Gasteiger charge is 2.20. The standard InChI is InChI=1S/C23H30N4O2S/c1-16(2)13-29-14-19(28)15-30-23-26-25-22(18-8-7-11-24-12-18)27(23)21-10-6-5-9-20(21)17(3)4/h5-12,16-17,19,28H,13-15H2,1-4H3. The summed E-state index contributed by atoms with van der Waals surface area (Å²) in [6.45, 7) is 9.50. The Balaban J connectivity index is 1.90. The number of rotatable bonds is 10. The van der Waals surface area contributed by atoms with Crippen molar-refractivity contribution in [2.24, 2.45) is 5.92 Å². The van der Waals surface area contributed by atoms with E-state index in [0.717, 1.165) is 22.2 Å². The smallest absolute Gasteiger partial charge is 0.196 e. The fourth-order valence-corrected chi connectivity index (χ4v) is 3.95. The molecule has 7 heteroatoms. The Morgan fingerprint density at radius 1 is 1.03 bits per heavy atom. The molecule has 0 saturated heterocycles. The third-order valence-corrected chi connectivity index (χ3v) is 5.59. The quantitative estimate of drug-likeness (QED) is 0.479. The number of aromatic nitrogens is 4. The first-order valence-electron chi connectivity index (χ1n) is 10.3. The minimum absolute atomic E-state index is 0.317. The average Bonchev–Trinajstić information content (AvgIpc) is 3.16. The summed E-state index contributed by atoms with van der Waals surface area (Å²) in [6.07, 6.45) is 2.97. The first-order chi connectivity index (χ1) is 14.5. The van der Waals surface area contributed by atoms with E-state index in [1.807, 2.05) is 18.2 Å². The number of hydrogen-bond donors (Lipinski definition) is 1. The lowest BCUT2D eigenvalue weighted by atomic mass is 10.0. The summed E-state index contributed by atoms with van der Waals surface area (Å²) in [5, 5.41) is 20.0. The van der Waals surface area contributed by atoms with Crippen molar-refractivity contribution in [2.75, 3.05) is 19.0 Å². The molecule has 3 rings (SSSR count). The molecular weight excluding hydrogens is 396 g/mol. The van der Waals surface area contributed by atoms with Crippen molar-refractivity contribution in [3.63, 3.8) is 0 Å². The number of aliphatic hydroxyl groups excluding tert-OH is 1. The molecule has 1 atom stereocenters. The van der Waals surface area contributed by atoms with Gasteiger partial charge in [0, 0.05) is 30.3 Å². The predicted molar refractivity (Wildman–Crippen MR) is 121 cm³/mol. The lowest BCUT2D eigenvalue weighted by Crippen LogP contribution is -2.20. The van der Waals surface area contributed by atoms with E-state index >= 15 is 0 Å². The van der Waals surface area contributed by atoms with E-state index < -0.39 is 6.10 Å². The molecule has 3 aromatic rings. The summed E-state index contributed by atoms with van der Waals surface area (Å²) in [5.74, 6) is 2.01. The zero-order valence-corrected chi connectivity index (χ0v) is 18.8. The third kappa shape index (κ3) is 5.68. The fraction of sp³-hybridized carbons (Fsp3) is 0.435. The first kappa shape index (κ1) is 22.5. The number of thioether (sulfide) groups is 1. The summed E-state index contributed by atoms with van der Waals surface area (Å²) < 4.78 is 7.64. The Labute approximate surface area is 182 Å². The van der Waals surface area contributed by atoms with Gasteiger partial charge in [0.25, 0.3) is 0 Å². The topological polar surface area (TPSA) is 73.1 Å². The van der Waals surface area contributed by atoms with E-state index in [2.05, 4.69) is 65.6 Å². The van der Waals surface area contributed by atoms with Crippen molar-refractivity contribution in [1.29, 1.82) is 0 Å². The number of ether oxygens (including phenoxy) is 1. The molecule has 0 aliphatic carbocycles. The maximum Gasteiger partial charge on any atom is 0.196 e. The van der Waals surface area contributed by atoms with Crippen LogP contribution in [0.2, 0.25) is 0 Å². The Morgan fingerprint density at radius 3 is 2.53 bits per heavy atom. The molecule has 160 valence electrons. The molecule has 1 aromatic carbocycles. The zero-order chi connectivity index (χ0) is 21.5. The van der Waals surface area contributed by atoms with Crippen LogP contribution in [-0.4, -0.2) is 49.9 Å². The van der Waals surface area contributed by atoms with Gasteiger partial charge in [-0.3, -0.25) is 9.55 Å². The van der Waals surface area contributed by atoms with Gasteiger partial charge in [0.15, 0.2) is 11.0 Å². The summed E-state index contributed by atoms with van der Waals surface area (Å²) >= 11 is 1.48. The van der Waals surface area contributed by atoms with Crippen LogP contribution >= 0.6 is 11.8 Å². The highest BCUT2D eigenvalue weighted by atomic mass is 32.2. The lowest BCUT2D eigenvalue weighted by Gasteiger charge is -2.17. The van der Waals surface area contributed by atoms with Crippen molar-refractivity contribution in [3.05, 3.63) is 54.4 Å². The van der Waals surface area contributed by atoms with Crippen molar-refractivity contribution in [1.82, 2.24) is 19.7 Å². The molecule has 2 heterocycles. The Hall–Kier alpha value is -2.22. The number of pyridine rings is 1. The number of hydrogen-bond acceptors (Lipinski definition) is 6. The van der Waals surface area contributed by atoms with Crippen LogP contribution in [0.15, 0.2) is 53.9 Å². The van der Waals surface area contributed by atoms with Crippen LogP contribution in [0.25, 0.3) is 17.1 Å². The number of aliphatic hydroxyl groups is 1. The minimum atomic E-state index is -0.568. The monoisotopic (exact) mass is 426 g/mol. The van der Waals surface area contributed by atoms with Crippen LogP contribution in [0, 0.1) is 5.92 Å². The Morgan fingerprint density at radius 2 is 1.83 bits per heavy atom. The van der Waals surface area contributed by atoms with Gasteiger partial charge in [-0.1, -0.05) is 57.7 Å². The van der Waals surface area contributed by atoms with E-state index in [1.54, 1.807) is 12.4 Å². The first-order valence-corrected chi connectivity index (χ1v) is 11.3. The Kier molecular flexibility index (Phi) is 8.01. The molecule has 1 N–H and O–H groups in total. The number of benzene rings is 1. The van der Waals surface area contributed by atoms with Gasteiger partial charge in [-0.05, 0) is 35.6 Å². The van der Waals surface area contributed by atoms with Gasteiger partial charge in [-0.25, -0.2) is 0 Å². The van der Waals surface area contributed by atoms with Crippen LogP contribution in [0.1, 0.15) is 39.2 Å². The number of para-hydroxylation sites is 1. The van der Waals surface area contributed by atoms with Crippen molar-refractivity contribution in [2.45, 2.75) is 44.9 Å². The molecule has 2 aromatic heterocycles. The molecule has 0 amide bonds. The van der Waals surface area contributed by atoms with Crippen LogP contribution in [0.3, 0.4) is 0 Å². The second-order valence-electron chi connectivity index (χ2n) is 7.99. The lowest BCUT2D eigenvalue weighted by molar-refractivity contribution is 0.0364. The molecule has 6 nitrogen and oxygen atoms in total. The molecule has 1 unspecified atom stereocenters. The van der Waals surface area contributed by atoms with Crippen LogP contribution in [0.4, 0.5) is 0 Å². The molecule has 0 saturated carbocycles. The fourth-order valence-electron chi connectivity index (χ4n) is 3.10. The molecule has 0 radical (unpaired) electrons. The molecular formula is C23H30N4O2S. The van der Waals surface area contributed by atoms with Gasteiger partial charge in [0.05, 0.1) is 18.4 Å². The molecule has 30 heavy (non-hydrogen) atoms. The van der Waals surface area contributed by atoms with Gasteiger partial charge in [0.2, 0.25) is 0 Å². The second kappa shape index (κ2) is 10.7. The summed E-state index contributed by atoms with van der Waals surface area (Å²) in [5.41, 5.74) is 3.16. The largest absolute Gasteiger partial charge is 0.390 e. The number of nitrogens with zero attached hydrogens (tertiary/aromatic N) is 4. The summed E-state index contributed by atoms with van der Waals surface area (Å²) in [4.78, 5) is 4.24. The minimum Gasteiger partial charge on any atom is -0.390 e. The highest BCUT2D eigenvalue weighted by molar-refractivity contribution is 7.99. The molecule has 0 spiro atoms. The van der Waals surface area contributed by atoms with E-state index in [-0.39, 0.29) is 0 Å². The van der Waals surface area contributed by atoms with Crippen LogP contribution in [-0.2, 0) is 4.74 Å². The third-order valence-electron chi connectivity index (χ3n) is 4.52. The van der Waals surface area contributed by atoms with Crippen molar-refractivity contribution >= 4 is 11.8 Å². The molecule has 0 bridgehead atoms. The van der Waals surface area contributed by atoms with Crippen LogP contribution in [0.5, 0.6) is 0 Å². The van der Waals surface area contributed by atoms with E-state index in [4.69, 9.17) is 4.74 Å². The summed E-state index contributed by atoms with van der Waals surface area (Å²) in [6, 6.07) is 12.2. The normalized spacial score (nSPS) is 12.6. The zero-order valence-electron chi connectivity index (χ0n) is 18.0. The molecule has 0 aliphatic rings. The van der Waals surface area contributed by atoms with Crippen molar-refractivity contribution in [3.8, 4) is 17.1 Å². The molecule has 0 aliphatic heterocycles. The van der Waals surface area contributed by atoms with Gasteiger partial charge >= 0.3 is 0 Å². The second-order valence-corrected chi connectivity index (χ2v) is 8.98. The maximum absolute atomic E-state index is 10.3. The van der Waals surface area contributed by atoms with Gasteiger partial charge in [0.1, 0.15) is 0 Å². The predicted octanol–water partition coefficient (Wildman–Crippen LogP) is 4.58. The Bertz CT molecular complexity index is 928. The SMILES string of the molecule is CC(C)COCC(O)CSc1nnc(-c2cccnc2)n1-c1ccccc1C(C)C. The average molecular weight is 427 g/mol. The van der Waals surface area contributed by atoms with Gasteiger partial charge in [-0.15, -0.1) is 10.2 Å². The van der Waals surface area contributed by atoms with E-state index in [9.17, 15) is 5.11 Å². The summed E-state index contributed by atoms with van der Waals surface area (Å²) in [7, 11) is 0. The highest BCUT2D eigenvalue weighted by Crippen LogP contribution is 2.32.